The summed E-state index contributed by atoms with van der Waals surface area (Å²) in [5.74, 6) is 0. The summed E-state index contributed by atoms with van der Waals surface area (Å²) >= 11 is 0. The van der Waals surface area contributed by atoms with Gasteiger partial charge in [0.05, 0.1) is 0 Å². The molecule has 26 heteroatoms. The Balaban J connectivity index is 0. The van der Waals surface area contributed by atoms with Crippen LogP contribution < -0.4 is 0 Å². The topological polar surface area (TPSA) is 0 Å². The minimum Gasteiger partial charge on any atom is -0.147 e. The average molecular weight is 1300 g/mol. The third-order valence-electron chi connectivity index (χ3n) is 0. The van der Waals surface area contributed by atoms with Gasteiger partial charge in [-0.1, -0.05) is 0 Å². The first-order valence-electron chi connectivity index (χ1n) is 0. The van der Waals surface area contributed by atoms with Crippen molar-refractivity contribution in [2.45, 2.75) is 0 Å². The molecule has 0 radical (unpaired) electrons. The van der Waals surface area contributed by atoms with Crippen molar-refractivity contribution in [3.05, 3.63) is 0 Å². The Morgan fingerprint density at radius 3 is 0.0769 bits per heavy atom. The SMILES string of the molecule is Cl.Cl.Cl.Cl.Cl.Cl.Cl.Cl.Cl.Cl.Cl.Cl.Cl.Cl.[Zn].[Zn].[Zn].[Zn].[Zn].[Zn].[Zn].[Zn].[Zn].[Zn].[Zn].[Zn]. The smallest absolute Gasteiger partial charge is 0 e. The summed E-state index contributed by atoms with van der Waals surface area (Å²) < 4.78 is 0. The van der Waals surface area contributed by atoms with Crippen LogP contribution in [-0.4, -0.2) is 0 Å². The molecule has 0 rings (SSSR count). The minimum atomic E-state index is 0. The summed E-state index contributed by atoms with van der Waals surface area (Å²) in [6.45, 7) is 0. The van der Waals surface area contributed by atoms with E-state index in [-0.39, 0.29) is 407 Å². The van der Waals surface area contributed by atoms with Crippen molar-refractivity contribution in [2.75, 3.05) is 0 Å². The third-order valence-corrected chi connectivity index (χ3v) is 0. The maximum atomic E-state index is 0. The van der Waals surface area contributed by atoms with Gasteiger partial charge in [-0.05, 0) is 0 Å². The Kier molecular flexibility index (Phi) is 5020. The predicted octanol–water partition coefficient (Wildman–Crippen LogP) is 5.88. The van der Waals surface area contributed by atoms with Crippen molar-refractivity contribution in [3.63, 3.8) is 0 Å². The van der Waals surface area contributed by atoms with Gasteiger partial charge in [0.15, 0.2) is 0 Å². The van der Waals surface area contributed by atoms with Crippen LogP contribution in [0.25, 0.3) is 0 Å². The van der Waals surface area contributed by atoms with Crippen molar-refractivity contribution in [1.29, 1.82) is 0 Å². The number of hydrogen-bond acceptors (Lipinski definition) is 0. The molecule has 0 bridgehead atoms. The zero-order chi connectivity index (χ0) is 0. The molecule has 0 saturated heterocycles. The second kappa shape index (κ2) is 347. The second-order valence-electron chi connectivity index (χ2n) is 0. The van der Waals surface area contributed by atoms with E-state index in [1.165, 1.54) is 0 Å². The molecule has 0 spiro atoms. The van der Waals surface area contributed by atoms with Crippen LogP contribution in [0.5, 0.6) is 0 Å². The van der Waals surface area contributed by atoms with Gasteiger partial charge in [0.1, 0.15) is 0 Å². The van der Waals surface area contributed by atoms with Crippen LogP contribution >= 0.6 is 174 Å². The van der Waals surface area contributed by atoms with Gasteiger partial charge in [0, 0.05) is 234 Å². The van der Waals surface area contributed by atoms with Gasteiger partial charge in [-0.2, -0.15) is 0 Å². The Labute approximate surface area is 398 Å². The molecule has 0 aromatic heterocycles. The molecular weight excluding hydrogens is 1280 g/mol. The van der Waals surface area contributed by atoms with Crippen molar-refractivity contribution in [2.24, 2.45) is 0 Å². The van der Waals surface area contributed by atoms with E-state index in [1.54, 1.807) is 0 Å². The van der Waals surface area contributed by atoms with E-state index >= 15 is 0 Å². The Morgan fingerprint density at radius 1 is 0.0769 bits per heavy atom. The maximum absolute atomic E-state index is 0. The summed E-state index contributed by atoms with van der Waals surface area (Å²) in [5.41, 5.74) is 0. The van der Waals surface area contributed by atoms with E-state index < -0.39 is 0 Å². The second-order valence-corrected chi connectivity index (χ2v) is 0. The molecule has 26 heavy (non-hydrogen) atoms. The minimum absolute atomic E-state index is 0. The van der Waals surface area contributed by atoms with Crippen molar-refractivity contribution in [1.82, 2.24) is 0 Å². The van der Waals surface area contributed by atoms with Crippen LogP contribution in [0.4, 0.5) is 0 Å². The Morgan fingerprint density at radius 2 is 0.0769 bits per heavy atom. The summed E-state index contributed by atoms with van der Waals surface area (Å²) in [6, 6.07) is 0. The zero-order valence-corrected chi connectivity index (χ0v) is 61.2. The normalized spacial score (nSPS) is 0. The molecule has 0 fully saturated rings. The Bertz CT molecular complexity index is 25.9. The first-order chi connectivity index (χ1) is 0. The molecule has 0 aliphatic heterocycles. The van der Waals surface area contributed by atoms with Crippen LogP contribution in [0.15, 0.2) is 0 Å². The molecular formula is H14Cl14Zn12. The maximum Gasteiger partial charge on any atom is 0 e. The third kappa shape index (κ3) is 318. The molecule has 0 aliphatic rings. The van der Waals surface area contributed by atoms with E-state index in [4.69, 9.17) is 0 Å². The van der Waals surface area contributed by atoms with Gasteiger partial charge in [0.2, 0.25) is 0 Å². The van der Waals surface area contributed by atoms with Crippen molar-refractivity contribution >= 4 is 174 Å². The monoisotopic (exact) mass is 1270 g/mol. The first kappa shape index (κ1) is 376. The standard InChI is InChI=1S/14ClH.12Zn/h14*1H;;;;;;;;;;;;. The van der Waals surface area contributed by atoms with Crippen LogP contribution in [-0.2, 0) is 234 Å². The molecule has 0 atom stereocenters. The molecule has 0 aliphatic carbocycles. The summed E-state index contributed by atoms with van der Waals surface area (Å²) in [4.78, 5) is 0. The number of halogens is 14. The van der Waals surface area contributed by atoms with Crippen molar-refractivity contribution in [3.8, 4) is 0 Å². The fraction of sp³-hybridized carbons (Fsp3) is 0. The van der Waals surface area contributed by atoms with E-state index in [0.717, 1.165) is 0 Å². The quantitative estimate of drug-likeness (QED) is 0.267. The van der Waals surface area contributed by atoms with Crippen LogP contribution in [0.1, 0.15) is 0 Å². The van der Waals surface area contributed by atoms with E-state index in [1.807, 2.05) is 0 Å². The molecule has 0 heterocycles. The zero-order valence-electron chi connectivity index (χ0n) is 14.2. The molecule has 0 nitrogen and oxygen atoms in total. The molecule has 0 unspecified atom stereocenters. The summed E-state index contributed by atoms with van der Waals surface area (Å²) in [6.07, 6.45) is 0. The molecule has 0 N–H and O–H groups in total. The summed E-state index contributed by atoms with van der Waals surface area (Å²) in [7, 11) is 0. The van der Waals surface area contributed by atoms with Gasteiger partial charge in [-0.3, -0.25) is 0 Å². The van der Waals surface area contributed by atoms with E-state index in [0.29, 0.717) is 0 Å². The number of rotatable bonds is 0. The average Bonchev–Trinajstić information content (AvgIpc) is 0. The molecule has 0 amide bonds. The first-order valence-corrected chi connectivity index (χ1v) is 0. The number of hydrogen-bond donors (Lipinski definition) is 0. The molecule has 0 aromatic rings. The molecule has 0 aromatic carbocycles. The van der Waals surface area contributed by atoms with E-state index in [9.17, 15) is 0 Å². The predicted molar refractivity (Wildman–Crippen MR) is 101 cm³/mol. The largest absolute Gasteiger partial charge is 0.147 e. The molecule has 136 valence electrons. The van der Waals surface area contributed by atoms with E-state index in [2.05, 4.69) is 0 Å². The van der Waals surface area contributed by atoms with Crippen LogP contribution in [0.3, 0.4) is 0 Å². The van der Waals surface area contributed by atoms with Crippen LogP contribution in [0, 0.1) is 0 Å². The van der Waals surface area contributed by atoms with Gasteiger partial charge in [-0.15, -0.1) is 174 Å². The van der Waals surface area contributed by atoms with Gasteiger partial charge in [0.25, 0.3) is 0 Å². The van der Waals surface area contributed by atoms with Gasteiger partial charge < -0.3 is 0 Å². The fourth-order valence-electron chi connectivity index (χ4n) is 0. The van der Waals surface area contributed by atoms with Crippen LogP contribution in [0.2, 0.25) is 0 Å². The van der Waals surface area contributed by atoms with Crippen molar-refractivity contribution < 1.29 is 234 Å². The molecule has 0 saturated carbocycles. The summed E-state index contributed by atoms with van der Waals surface area (Å²) in [5, 5.41) is 0. The Hall–Kier alpha value is 11.5. The van der Waals surface area contributed by atoms with Gasteiger partial charge >= 0.3 is 0 Å². The fourth-order valence-corrected chi connectivity index (χ4v) is 0. The van der Waals surface area contributed by atoms with Gasteiger partial charge in [-0.25, -0.2) is 0 Å².